The van der Waals surface area contributed by atoms with Gasteiger partial charge in [-0.1, -0.05) is 18.2 Å². The van der Waals surface area contributed by atoms with E-state index in [0.29, 0.717) is 12.1 Å². The van der Waals surface area contributed by atoms with E-state index >= 15 is 0 Å². The number of rotatable bonds is 6. The van der Waals surface area contributed by atoms with Gasteiger partial charge in [0.25, 0.3) is 5.91 Å². The summed E-state index contributed by atoms with van der Waals surface area (Å²) >= 11 is 1.70. The molecule has 0 aliphatic carbocycles. The van der Waals surface area contributed by atoms with Crippen LogP contribution >= 0.6 is 11.3 Å². The second-order valence-corrected chi connectivity index (χ2v) is 6.65. The first-order chi connectivity index (χ1) is 11.7. The first-order valence-electron chi connectivity index (χ1n) is 7.74. The molecule has 0 saturated heterocycles. The van der Waals surface area contributed by atoms with Crippen molar-refractivity contribution in [2.75, 3.05) is 20.6 Å². The predicted octanol–water partition coefficient (Wildman–Crippen LogP) is 2.97. The van der Waals surface area contributed by atoms with Gasteiger partial charge in [0.2, 0.25) is 0 Å². The van der Waals surface area contributed by atoms with Crippen LogP contribution in [0.1, 0.15) is 21.3 Å². The third-order valence-corrected chi connectivity index (χ3v) is 4.82. The molecule has 124 valence electrons. The first kappa shape index (κ1) is 16.4. The number of amides is 1. The van der Waals surface area contributed by atoms with Crippen molar-refractivity contribution < 1.29 is 4.79 Å². The molecule has 0 bridgehead atoms. The minimum absolute atomic E-state index is 0.0930. The Morgan fingerprint density at radius 3 is 2.75 bits per heavy atom. The molecule has 0 fully saturated rings. The molecule has 0 aliphatic heterocycles. The van der Waals surface area contributed by atoms with Crippen molar-refractivity contribution >= 4 is 17.2 Å². The van der Waals surface area contributed by atoms with Gasteiger partial charge in [0.1, 0.15) is 0 Å². The minimum atomic E-state index is -0.0930. The Hall–Kier alpha value is -2.44. The fourth-order valence-electron chi connectivity index (χ4n) is 2.58. The number of aromatic nitrogens is 2. The Balaban J connectivity index is 1.76. The van der Waals surface area contributed by atoms with Crippen LogP contribution in [0.25, 0.3) is 5.69 Å². The molecule has 2 aromatic heterocycles. The summed E-state index contributed by atoms with van der Waals surface area (Å²) in [5, 5.41) is 9.34. The van der Waals surface area contributed by atoms with Crippen LogP contribution < -0.4 is 5.32 Å². The molecule has 0 spiro atoms. The van der Waals surface area contributed by atoms with Gasteiger partial charge in [-0.15, -0.1) is 11.3 Å². The molecule has 0 radical (unpaired) electrons. The maximum atomic E-state index is 12.7. The topological polar surface area (TPSA) is 50.2 Å². The van der Waals surface area contributed by atoms with Gasteiger partial charge in [0.15, 0.2) is 0 Å². The Morgan fingerprint density at radius 1 is 1.25 bits per heavy atom. The Kier molecular flexibility index (Phi) is 5.08. The highest BCUT2D eigenvalue weighted by Gasteiger charge is 2.18. The molecule has 24 heavy (non-hydrogen) atoms. The van der Waals surface area contributed by atoms with Crippen LogP contribution in [0.2, 0.25) is 0 Å². The molecule has 0 saturated carbocycles. The highest BCUT2D eigenvalue weighted by Crippen LogP contribution is 2.22. The lowest BCUT2D eigenvalue weighted by Gasteiger charge is -2.23. The van der Waals surface area contributed by atoms with Crippen LogP contribution in [0.3, 0.4) is 0 Å². The molecular weight excluding hydrogens is 320 g/mol. The summed E-state index contributed by atoms with van der Waals surface area (Å²) in [5.41, 5.74) is 1.39. The fourth-order valence-corrected chi connectivity index (χ4v) is 3.50. The van der Waals surface area contributed by atoms with E-state index in [0.717, 1.165) is 5.69 Å². The Morgan fingerprint density at radius 2 is 2.08 bits per heavy atom. The number of nitrogens with one attached hydrogen (secondary N) is 1. The fraction of sp³-hybridized carbons (Fsp3) is 0.222. The largest absolute Gasteiger partial charge is 0.350 e. The average Bonchev–Trinajstić information content (AvgIpc) is 3.28. The summed E-state index contributed by atoms with van der Waals surface area (Å²) in [6.45, 7) is 0.555. The van der Waals surface area contributed by atoms with Gasteiger partial charge in [0, 0.05) is 23.8 Å². The Bertz CT molecular complexity index is 781. The van der Waals surface area contributed by atoms with Crippen molar-refractivity contribution in [3.05, 3.63) is 70.7 Å². The lowest BCUT2D eigenvalue weighted by atomic mass is 10.1. The SMILES string of the molecule is CN(C)C(CNC(=O)c1ccccc1-n1cccn1)c1cccs1. The van der Waals surface area contributed by atoms with Gasteiger partial charge in [-0.2, -0.15) is 5.10 Å². The predicted molar refractivity (Wildman–Crippen MR) is 96.6 cm³/mol. The number of benzene rings is 1. The van der Waals surface area contributed by atoms with Crippen molar-refractivity contribution in [2.45, 2.75) is 6.04 Å². The summed E-state index contributed by atoms with van der Waals surface area (Å²) in [4.78, 5) is 16.0. The minimum Gasteiger partial charge on any atom is -0.350 e. The lowest BCUT2D eigenvalue weighted by molar-refractivity contribution is 0.0942. The lowest BCUT2D eigenvalue weighted by Crippen LogP contribution is -2.34. The van der Waals surface area contributed by atoms with Crippen molar-refractivity contribution in [1.82, 2.24) is 20.0 Å². The van der Waals surface area contributed by atoms with E-state index < -0.39 is 0 Å². The van der Waals surface area contributed by atoms with Crippen molar-refractivity contribution in [1.29, 1.82) is 0 Å². The van der Waals surface area contributed by atoms with E-state index in [4.69, 9.17) is 0 Å². The van der Waals surface area contributed by atoms with E-state index in [9.17, 15) is 4.79 Å². The van der Waals surface area contributed by atoms with Crippen LogP contribution in [0.4, 0.5) is 0 Å². The molecule has 3 aromatic rings. The van der Waals surface area contributed by atoms with Crippen molar-refractivity contribution in [3.63, 3.8) is 0 Å². The van der Waals surface area contributed by atoms with Gasteiger partial charge in [-0.05, 0) is 43.7 Å². The number of thiophene rings is 1. The quantitative estimate of drug-likeness (QED) is 0.750. The van der Waals surface area contributed by atoms with Crippen LogP contribution in [0.5, 0.6) is 0 Å². The summed E-state index contributed by atoms with van der Waals surface area (Å²) in [7, 11) is 4.04. The normalized spacial score (nSPS) is 12.3. The zero-order valence-electron chi connectivity index (χ0n) is 13.7. The smallest absolute Gasteiger partial charge is 0.253 e. The monoisotopic (exact) mass is 340 g/mol. The van der Waals surface area contributed by atoms with E-state index in [1.165, 1.54) is 4.88 Å². The van der Waals surface area contributed by atoms with Gasteiger partial charge >= 0.3 is 0 Å². The van der Waals surface area contributed by atoms with Crippen LogP contribution in [-0.2, 0) is 0 Å². The molecule has 3 rings (SSSR count). The van der Waals surface area contributed by atoms with Gasteiger partial charge in [0.05, 0.1) is 17.3 Å². The van der Waals surface area contributed by atoms with Crippen molar-refractivity contribution in [2.24, 2.45) is 0 Å². The molecule has 1 aromatic carbocycles. The van der Waals surface area contributed by atoms with E-state index in [2.05, 4.69) is 26.8 Å². The number of nitrogens with zero attached hydrogens (tertiary/aromatic N) is 3. The molecule has 2 heterocycles. The highest BCUT2D eigenvalue weighted by molar-refractivity contribution is 7.10. The summed E-state index contributed by atoms with van der Waals surface area (Å²) < 4.78 is 1.71. The molecule has 1 unspecified atom stereocenters. The van der Waals surface area contributed by atoms with Crippen LogP contribution in [0.15, 0.2) is 60.2 Å². The molecule has 5 nitrogen and oxygen atoms in total. The first-order valence-corrected chi connectivity index (χ1v) is 8.62. The molecule has 1 amide bonds. The standard InChI is InChI=1S/C18H20N4OS/c1-21(2)16(17-9-5-12-24-17)13-19-18(23)14-7-3-4-8-15(14)22-11-6-10-20-22/h3-12,16H,13H2,1-2H3,(H,19,23). The second-order valence-electron chi connectivity index (χ2n) is 5.67. The van der Waals surface area contributed by atoms with E-state index in [-0.39, 0.29) is 11.9 Å². The number of likely N-dealkylation sites (N-methyl/N-ethyl adjacent to an activating group) is 1. The molecule has 0 aliphatic rings. The van der Waals surface area contributed by atoms with Gasteiger partial charge in [-0.3, -0.25) is 4.79 Å². The third kappa shape index (κ3) is 3.55. The van der Waals surface area contributed by atoms with E-state index in [1.54, 1.807) is 22.2 Å². The molecular formula is C18H20N4OS. The van der Waals surface area contributed by atoms with Crippen LogP contribution in [0, 0.1) is 0 Å². The Labute approximate surface area is 145 Å². The second kappa shape index (κ2) is 7.42. The van der Waals surface area contributed by atoms with Crippen LogP contribution in [-0.4, -0.2) is 41.2 Å². The van der Waals surface area contributed by atoms with Gasteiger partial charge in [-0.25, -0.2) is 4.68 Å². The third-order valence-electron chi connectivity index (χ3n) is 3.85. The number of carbonyl (C=O) groups is 1. The number of hydrogen-bond acceptors (Lipinski definition) is 4. The molecule has 1 N–H and O–H groups in total. The summed E-state index contributed by atoms with van der Waals surface area (Å²) in [6, 6.07) is 13.6. The van der Waals surface area contributed by atoms with Crippen molar-refractivity contribution in [3.8, 4) is 5.69 Å². The maximum absolute atomic E-state index is 12.7. The molecule has 6 heteroatoms. The maximum Gasteiger partial charge on any atom is 0.253 e. The summed E-state index contributed by atoms with van der Waals surface area (Å²) in [6.07, 6.45) is 3.54. The van der Waals surface area contributed by atoms with E-state index in [1.807, 2.05) is 56.7 Å². The van der Waals surface area contributed by atoms with Gasteiger partial charge < -0.3 is 10.2 Å². The zero-order valence-corrected chi connectivity index (χ0v) is 14.5. The zero-order chi connectivity index (χ0) is 16.9. The number of hydrogen-bond donors (Lipinski definition) is 1. The average molecular weight is 340 g/mol. The number of carbonyl (C=O) groups excluding carboxylic acids is 1. The number of para-hydroxylation sites is 1. The highest BCUT2D eigenvalue weighted by atomic mass is 32.1. The summed E-state index contributed by atoms with van der Waals surface area (Å²) in [5.74, 6) is -0.0930. The molecule has 1 atom stereocenters.